The van der Waals surface area contributed by atoms with Gasteiger partial charge in [-0.3, -0.25) is 9.59 Å². The summed E-state index contributed by atoms with van der Waals surface area (Å²) in [4.78, 5) is 55.5. The maximum atomic E-state index is 14.6. The van der Waals surface area contributed by atoms with Crippen LogP contribution in [0.25, 0.3) is 0 Å². The maximum Gasteiger partial charge on any atom is 0.338 e. The zero-order valence-corrected chi connectivity index (χ0v) is 41.4. The molecule has 3 aliphatic carbocycles. The quantitative estimate of drug-likeness (QED) is 0.166. The van der Waals surface area contributed by atoms with E-state index in [0.717, 1.165) is 0 Å². The first kappa shape index (κ1) is 46.1. The summed E-state index contributed by atoms with van der Waals surface area (Å²) in [5, 5.41) is 64.6. The number of Topliss-reactive ketones (excluding diaryl/α,β-unsaturated/α-hetero) is 1. The smallest absolute Gasteiger partial charge is 0.338 e. The van der Waals surface area contributed by atoms with E-state index >= 15 is 0 Å². The van der Waals surface area contributed by atoms with Gasteiger partial charge in [0.15, 0.2) is 11.9 Å². The minimum atomic E-state index is -2.27. The monoisotopic (exact) mass is 1200 g/mol. The molecule has 2 aromatic rings. The number of benzene rings is 1. The number of hydrogen-bond donors (Lipinski definition) is 6. The van der Waals surface area contributed by atoms with Crippen molar-refractivity contribution in [1.82, 2.24) is 5.32 Å². The fourth-order valence-corrected chi connectivity index (χ4v) is 9.60. The van der Waals surface area contributed by atoms with Crippen LogP contribution in [0.5, 0.6) is 0 Å². The summed E-state index contributed by atoms with van der Waals surface area (Å²) in [7, 11) is 0. The molecular formula is C38H47Ac2NO12S. The van der Waals surface area contributed by atoms with Crippen LogP contribution in [0.2, 0.25) is 0 Å². The van der Waals surface area contributed by atoms with Gasteiger partial charge in [-0.15, -0.1) is 11.3 Å². The van der Waals surface area contributed by atoms with Crippen LogP contribution in [-0.4, -0.2) is 110 Å². The Morgan fingerprint density at radius 2 is 1.65 bits per heavy atom. The Morgan fingerprint density at radius 3 is 2.20 bits per heavy atom. The number of carbonyl (C=O) groups is 4. The normalized spacial score (nSPS) is 34.9. The van der Waals surface area contributed by atoms with Gasteiger partial charge >= 0.3 is 11.9 Å². The molecular weight excluding hydrogens is 1150 g/mol. The summed E-state index contributed by atoms with van der Waals surface area (Å²) in [5.41, 5.74) is -7.35. The molecule has 2 radical (unpaired) electrons. The number of hydrogen-bond acceptors (Lipinski definition) is 13. The van der Waals surface area contributed by atoms with Crippen molar-refractivity contribution in [3.63, 3.8) is 0 Å². The Bertz CT molecular complexity index is 1770. The van der Waals surface area contributed by atoms with Gasteiger partial charge in [0.05, 0.1) is 40.7 Å². The van der Waals surface area contributed by atoms with Crippen LogP contribution < -0.4 is 5.32 Å². The Balaban J connectivity index is 0.00000325. The van der Waals surface area contributed by atoms with Crippen molar-refractivity contribution in [2.75, 3.05) is 6.61 Å². The summed E-state index contributed by atoms with van der Waals surface area (Å²) >= 11 is 1.19. The summed E-state index contributed by atoms with van der Waals surface area (Å²) in [6.45, 7) is 9.16. The number of esters is 2. The SMILES string of the molecule is CC1=C2C(O)C(=O)[C@]3(C)C(O)CC4OC[C@@]4(O)C3C(OC(=O)c3ccccc3)C(O)(CC1OC(=O)C(O)C(NC(=O)c1cccs1)C(C)C)C2(C)C.[Ac].[Ac]. The van der Waals surface area contributed by atoms with E-state index in [2.05, 4.69) is 5.32 Å². The van der Waals surface area contributed by atoms with Crippen molar-refractivity contribution in [3.8, 4) is 0 Å². The average molecular weight is 1200 g/mol. The van der Waals surface area contributed by atoms with E-state index in [9.17, 15) is 44.7 Å². The molecule has 1 aromatic heterocycles. The fourth-order valence-electron chi connectivity index (χ4n) is 8.97. The molecule has 9 unspecified atom stereocenters. The molecule has 2 heterocycles. The van der Waals surface area contributed by atoms with Gasteiger partial charge in [0.25, 0.3) is 5.91 Å². The average Bonchev–Trinajstić information content (AvgIpc) is 3.64. The van der Waals surface area contributed by atoms with E-state index in [1.54, 1.807) is 63.4 Å². The summed E-state index contributed by atoms with van der Waals surface area (Å²) in [6, 6.07) is 10.1. The Labute approximate surface area is 389 Å². The molecule has 13 nitrogen and oxygen atoms in total. The van der Waals surface area contributed by atoms with Crippen LogP contribution in [0.3, 0.4) is 0 Å². The fraction of sp³-hybridized carbons (Fsp3) is 0.579. The molecule has 1 aliphatic heterocycles. The van der Waals surface area contributed by atoms with Crippen LogP contribution in [0.15, 0.2) is 59.0 Å². The van der Waals surface area contributed by atoms with Crippen molar-refractivity contribution in [1.29, 1.82) is 0 Å². The summed E-state index contributed by atoms with van der Waals surface area (Å²) in [6.07, 6.45) is -9.98. The standard InChI is InChI=1S/C38H47NO12S.2Ac/c1-18(2)26(39-32(44)22-13-10-14-52-22)28(42)34(46)50-21-16-38(48)31(51-33(45)20-11-8-7-9-12-20)29-36(6,23(40)15-24-37(29,47)17-49-24)30(43)27(41)25(19(21)3)35(38,4)5;;/h7-14,18,21,23-24,26-29,31,40-42,47-48H,15-17H2,1-6H3,(H,39,44);;/t21?,23?,24?,26?,27?,28?,29?,31?,36-,37+,38?;;/m1../s1. The first-order valence-electron chi connectivity index (χ1n) is 17.5. The number of fused-ring (bicyclic) bond motifs is 5. The van der Waals surface area contributed by atoms with E-state index < -0.39 is 107 Å². The second-order valence-electron chi connectivity index (χ2n) is 15.7. The number of ketones is 1. The maximum absolute atomic E-state index is 14.6. The molecule has 3 fully saturated rings. The van der Waals surface area contributed by atoms with Crippen molar-refractivity contribution in [2.45, 2.75) is 108 Å². The topological polar surface area (TPSA) is 209 Å². The molecule has 11 atom stereocenters. The molecule has 2 bridgehead atoms. The number of rotatable bonds is 8. The van der Waals surface area contributed by atoms with Crippen molar-refractivity contribution < 1.29 is 147 Å². The number of thiophene rings is 1. The largest absolute Gasteiger partial charge is 0.456 e. The molecule has 0 spiro atoms. The molecule has 1 saturated heterocycles. The first-order chi connectivity index (χ1) is 24.3. The molecule has 1 aromatic carbocycles. The molecule has 6 N–H and O–H groups in total. The third-order valence-electron chi connectivity index (χ3n) is 12.2. The second-order valence-corrected chi connectivity index (χ2v) is 16.7. The molecule has 2 saturated carbocycles. The van der Waals surface area contributed by atoms with Crippen LogP contribution in [-0.2, 0) is 23.8 Å². The Hall–Kier alpha value is -0.617. The Kier molecular flexibility index (Phi) is 14.4. The van der Waals surface area contributed by atoms with E-state index in [-0.39, 0.29) is 118 Å². The molecule has 288 valence electrons. The third-order valence-corrected chi connectivity index (χ3v) is 13.1. The van der Waals surface area contributed by atoms with Gasteiger partial charge in [0.1, 0.15) is 29.5 Å². The number of ether oxygens (including phenoxy) is 3. The number of aliphatic hydroxyl groups excluding tert-OH is 3. The zero-order valence-electron chi connectivity index (χ0n) is 31.1. The summed E-state index contributed by atoms with van der Waals surface area (Å²) in [5.74, 6) is -5.33. The summed E-state index contributed by atoms with van der Waals surface area (Å²) < 4.78 is 17.7. The predicted octanol–water partition coefficient (Wildman–Crippen LogP) is 1.94. The van der Waals surface area contributed by atoms with Crippen LogP contribution in [0.1, 0.15) is 74.4 Å². The number of aliphatic hydroxyl groups is 5. The van der Waals surface area contributed by atoms with Crippen LogP contribution in [0.4, 0.5) is 0 Å². The van der Waals surface area contributed by atoms with Gasteiger partial charge in [-0.1, -0.05) is 52.0 Å². The number of amides is 1. The Morgan fingerprint density at radius 1 is 1.00 bits per heavy atom. The molecule has 1 amide bonds. The number of nitrogens with one attached hydrogen (secondary N) is 1. The third kappa shape index (κ3) is 7.44. The van der Waals surface area contributed by atoms with Crippen molar-refractivity contribution >= 4 is 35.0 Å². The minimum absolute atomic E-state index is 0. The van der Waals surface area contributed by atoms with Gasteiger partial charge in [0, 0.05) is 112 Å². The van der Waals surface area contributed by atoms with Crippen LogP contribution >= 0.6 is 11.3 Å². The minimum Gasteiger partial charge on any atom is -0.456 e. The van der Waals surface area contributed by atoms with E-state index in [1.807, 2.05) is 0 Å². The second kappa shape index (κ2) is 16.9. The van der Waals surface area contributed by atoms with E-state index in [1.165, 1.54) is 37.3 Å². The van der Waals surface area contributed by atoms with Crippen molar-refractivity contribution in [2.24, 2.45) is 22.7 Å². The van der Waals surface area contributed by atoms with Crippen LogP contribution in [0, 0.1) is 111 Å². The van der Waals surface area contributed by atoms with Crippen molar-refractivity contribution in [3.05, 3.63) is 69.4 Å². The number of carbonyl (C=O) groups excluding carboxylic acids is 4. The molecule has 6 rings (SSSR count). The first-order valence-corrected chi connectivity index (χ1v) is 18.4. The molecule has 54 heavy (non-hydrogen) atoms. The van der Waals surface area contributed by atoms with Gasteiger partial charge in [-0.05, 0) is 54.5 Å². The van der Waals surface area contributed by atoms with Gasteiger partial charge in [0.2, 0.25) is 0 Å². The molecule has 16 heteroatoms. The van der Waals surface area contributed by atoms with E-state index in [4.69, 9.17) is 14.2 Å². The van der Waals surface area contributed by atoms with Gasteiger partial charge < -0.3 is 45.1 Å². The molecule has 4 aliphatic rings. The zero-order chi connectivity index (χ0) is 38.1. The van der Waals surface area contributed by atoms with Gasteiger partial charge in [-0.2, -0.15) is 0 Å². The van der Waals surface area contributed by atoms with E-state index in [0.29, 0.717) is 4.88 Å². The van der Waals surface area contributed by atoms with Gasteiger partial charge in [-0.25, -0.2) is 9.59 Å². The predicted molar refractivity (Wildman–Crippen MR) is 186 cm³/mol.